The molecule has 2 nitrogen and oxygen atoms in total. The molecular weight excluding hydrogens is 198 g/mol. The van der Waals surface area contributed by atoms with Gasteiger partial charge in [0.05, 0.1) is 0 Å². The van der Waals surface area contributed by atoms with Crippen molar-refractivity contribution < 1.29 is 5.11 Å². The summed E-state index contributed by atoms with van der Waals surface area (Å²) < 4.78 is 0. The van der Waals surface area contributed by atoms with Crippen molar-refractivity contribution in [3.05, 3.63) is 0 Å². The molecule has 1 aliphatic carbocycles. The summed E-state index contributed by atoms with van der Waals surface area (Å²) in [4.78, 5) is 0. The topological polar surface area (TPSA) is 32.3 Å². The Bertz CT molecular complexity index is 174. The van der Waals surface area contributed by atoms with E-state index in [1.54, 1.807) is 0 Å². The molecule has 0 aromatic rings. The van der Waals surface area contributed by atoms with Crippen LogP contribution >= 0.6 is 0 Å². The highest BCUT2D eigenvalue weighted by atomic mass is 16.3. The normalized spacial score (nSPS) is 28.3. The molecule has 1 atom stereocenters. The average Bonchev–Trinajstić information content (AvgIpc) is 2.27. The van der Waals surface area contributed by atoms with E-state index in [9.17, 15) is 0 Å². The molecule has 0 saturated heterocycles. The Morgan fingerprint density at radius 2 is 1.75 bits per heavy atom. The quantitative estimate of drug-likeness (QED) is 0.731. The summed E-state index contributed by atoms with van der Waals surface area (Å²) in [6, 6.07) is 0.733. The number of aliphatic hydroxyl groups is 1. The van der Waals surface area contributed by atoms with Crippen molar-refractivity contribution in [3.63, 3.8) is 0 Å². The van der Waals surface area contributed by atoms with Gasteiger partial charge in [0.1, 0.15) is 0 Å². The Kier molecular flexibility index (Phi) is 6.37. The van der Waals surface area contributed by atoms with Crippen molar-refractivity contribution in [2.45, 2.75) is 58.9 Å². The molecule has 2 N–H and O–H groups in total. The first-order valence-electron chi connectivity index (χ1n) is 6.97. The first-order valence-corrected chi connectivity index (χ1v) is 6.97. The lowest BCUT2D eigenvalue weighted by atomic mass is 9.79. The molecule has 0 bridgehead atoms. The summed E-state index contributed by atoms with van der Waals surface area (Å²) >= 11 is 0. The van der Waals surface area contributed by atoms with Gasteiger partial charge in [-0.05, 0) is 56.4 Å². The standard InChI is InChI=1S/C14H29NO/c1-11(2)13-4-6-14(7-5-13)15-10-12(3)8-9-16/h11-16H,4-10H2,1-3H3. The molecule has 0 amide bonds. The van der Waals surface area contributed by atoms with Gasteiger partial charge in [0.25, 0.3) is 0 Å². The summed E-state index contributed by atoms with van der Waals surface area (Å²) in [5.41, 5.74) is 0. The fourth-order valence-electron chi connectivity index (χ4n) is 2.68. The van der Waals surface area contributed by atoms with E-state index >= 15 is 0 Å². The second-order valence-corrected chi connectivity index (χ2v) is 5.88. The Morgan fingerprint density at radius 1 is 1.12 bits per heavy atom. The lowest BCUT2D eigenvalue weighted by Gasteiger charge is -2.32. The van der Waals surface area contributed by atoms with Crippen LogP contribution in [-0.2, 0) is 0 Å². The van der Waals surface area contributed by atoms with Crippen molar-refractivity contribution in [1.29, 1.82) is 0 Å². The van der Waals surface area contributed by atoms with Crippen LogP contribution in [0.4, 0.5) is 0 Å². The van der Waals surface area contributed by atoms with Crippen molar-refractivity contribution in [2.75, 3.05) is 13.2 Å². The van der Waals surface area contributed by atoms with Gasteiger partial charge in [0.15, 0.2) is 0 Å². The van der Waals surface area contributed by atoms with Crippen LogP contribution in [0.3, 0.4) is 0 Å². The Morgan fingerprint density at radius 3 is 2.25 bits per heavy atom. The van der Waals surface area contributed by atoms with Crippen LogP contribution in [-0.4, -0.2) is 24.3 Å². The molecular formula is C14H29NO. The molecule has 0 spiro atoms. The molecule has 1 saturated carbocycles. The molecule has 96 valence electrons. The van der Waals surface area contributed by atoms with Gasteiger partial charge >= 0.3 is 0 Å². The number of rotatable bonds is 6. The van der Waals surface area contributed by atoms with Crippen molar-refractivity contribution in [2.24, 2.45) is 17.8 Å². The first kappa shape index (κ1) is 14.0. The van der Waals surface area contributed by atoms with Crippen molar-refractivity contribution in [3.8, 4) is 0 Å². The molecule has 2 heteroatoms. The smallest absolute Gasteiger partial charge is 0.0434 e. The molecule has 1 fully saturated rings. The lowest BCUT2D eigenvalue weighted by Crippen LogP contribution is -2.36. The van der Waals surface area contributed by atoms with Crippen LogP contribution in [0.25, 0.3) is 0 Å². The van der Waals surface area contributed by atoms with Crippen LogP contribution in [0.15, 0.2) is 0 Å². The number of hydrogen-bond donors (Lipinski definition) is 2. The van der Waals surface area contributed by atoms with Crippen LogP contribution < -0.4 is 5.32 Å². The number of hydrogen-bond acceptors (Lipinski definition) is 2. The largest absolute Gasteiger partial charge is 0.396 e. The second-order valence-electron chi connectivity index (χ2n) is 5.88. The first-order chi connectivity index (χ1) is 7.63. The van der Waals surface area contributed by atoms with Gasteiger partial charge in [-0.15, -0.1) is 0 Å². The number of aliphatic hydroxyl groups excluding tert-OH is 1. The fraction of sp³-hybridized carbons (Fsp3) is 1.00. The Hall–Kier alpha value is -0.0800. The van der Waals surface area contributed by atoms with Gasteiger partial charge in [-0.1, -0.05) is 20.8 Å². The van der Waals surface area contributed by atoms with Crippen LogP contribution in [0.5, 0.6) is 0 Å². The Labute approximate surface area is 101 Å². The zero-order valence-corrected chi connectivity index (χ0v) is 11.2. The molecule has 0 radical (unpaired) electrons. The maximum absolute atomic E-state index is 8.84. The van der Waals surface area contributed by atoms with Gasteiger partial charge in [-0.25, -0.2) is 0 Å². The molecule has 1 rings (SSSR count). The third-order valence-electron chi connectivity index (χ3n) is 4.09. The minimum absolute atomic E-state index is 0.322. The van der Waals surface area contributed by atoms with Gasteiger partial charge in [-0.3, -0.25) is 0 Å². The van der Waals surface area contributed by atoms with Crippen molar-refractivity contribution in [1.82, 2.24) is 5.32 Å². The molecule has 0 heterocycles. The van der Waals surface area contributed by atoms with E-state index in [1.165, 1.54) is 25.7 Å². The monoisotopic (exact) mass is 227 g/mol. The van der Waals surface area contributed by atoms with E-state index in [1.807, 2.05) is 0 Å². The minimum Gasteiger partial charge on any atom is -0.396 e. The highest BCUT2D eigenvalue weighted by molar-refractivity contribution is 4.79. The highest BCUT2D eigenvalue weighted by Gasteiger charge is 2.22. The number of nitrogens with one attached hydrogen (secondary N) is 1. The maximum Gasteiger partial charge on any atom is 0.0434 e. The molecule has 16 heavy (non-hydrogen) atoms. The summed E-state index contributed by atoms with van der Waals surface area (Å²) in [7, 11) is 0. The van der Waals surface area contributed by atoms with E-state index in [4.69, 9.17) is 5.11 Å². The SMILES string of the molecule is CC(CCO)CNC1CCC(C(C)C)CC1. The zero-order valence-electron chi connectivity index (χ0n) is 11.2. The van der Waals surface area contributed by atoms with E-state index < -0.39 is 0 Å². The van der Waals surface area contributed by atoms with Gasteiger partial charge in [0.2, 0.25) is 0 Å². The van der Waals surface area contributed by atoms with Crippen LogP contribution in [0.2, 0.25) is 0 Å². The van der Waals surface area contributed by atoms with E-state index in [2.05, 4.69) is 26.1 Å². The summed E-state index contributed by atoms with van der Waals surface area (Å²) in [6.07, 6.45) is 6.39. The second kappa shape index (κ2) is 7.29. The summed E-state index contributed by atoms with van der Waals surface area (Å²) in [6.45, 7) is 8.30. The predicted molar refractivity (Wildman–Crippen MR) is 69.5 cm³/mol. The van der Waals surface area contributed by atoms with Gasteiger partial charge < -0.3 is 10.4 Å². The molecule has 0 aliphatic heterocycles. The van der Waals surface area contributed by atoms with E-state index in [-0.39, 0.29) is 0 Å². The van der Waals surface area contributed by atoms with Crippen molar-refractivity contribution >= 4 is 0 Å². The molecule has 0 aromatic heterocycles. The summed E-state index contributed by atoms with van der Waals surface area (Å²) in [5, 5.41) is 12.5. The molecule has 1 unspecified atom stereocenters. The lowest BCUT2D eigenvalue weighted by molar-refractivity contribution is 0.224. The summed E-state index contributed by atoms with van der Waals surface area (Å²) in [5.74, 6) is 2.41. The molecule has 1 aliphatic rings. The third-order valence-corrected chi connectivity index (χ3v) is 4.09. The minimum atomic E-state index is 0.322. The maximum atomic E-state index is 8.84. The van der Waals surface area contributed by atoms with Gasteiger partial charge in [-0.2, -0.15) is 0 Å². The third kappa shape index (κ3) is 4.84. The van der Waals surface area contributed by atoms with E-state index in [0.29, 0.717) is 12.5 Å². The van der Waals surface area contributed by atoms with Crippen LogP contribution in [0.1, 0.15) is 52.9 Å². The Balaban J connectivity index is 2.12. The van der Waals surface area contributed by atoms with E-state index in [0.717, 1.165) is 30.8 Å². The average molecular weight is 227 g/mol. The van der Waals surface area contributed by atoms with Gasteiger partial charge in [0, 0.05) is 12.6 Å². The highest BCUT2D eigenvalue weighted by Crippen LogP contribution is 2.29. The zero-order chi connectivity index (χ0) is 12.0. The van der Waals surface area contributed by atoms with Crippen LogP contribution in [0, 0.1) is 17.8 Å². The fourth-order valence-corrected chi connectivity index (χ4v) is 2.68. The predicted octanol–water partition coefficient (Wildman–Crippen LogP) is 2.81. The molecule has 0 aromatic carbocycles.